The zero-order chi connectivity index (χ0) is 11.0. The van der Waals surface area contributed by atoms with Crippen LogP contribution in [0.2, 0.25) is 0 Å². The van der Waals surface area contributed by atoms with E-state index in [2.05, 4.69) is 10.0 Å². The highest BCUT2D eigenvalue weighted by Gasteiger charge is 2.10. The van der Waals surface area contributed by atoms with Gasteiger partial charge in [-0.05, 0) is 5.53 Å². The van der Waals surface area contributed by atoms with Crippen LogP contribution in [0.25, 0.3) is 10.4 Å². The summed E-state index contributed by atoms with van der Waals surface area (Å²) in [7, 11) is 0. The molecule has 4 N–H and O–H groups in total. The monoisotopic (exact) mass is 203 g/mol. The molecule has 9 heteroatoms. The largest absolute Gasteiger partial charge is 0.465 e. The van der Waals surface area contributed by atoms with E-state index in [9.17, 15) is 9.59 Å². The van der Waals surface area contributed by atoms with Crippen LogP contribution in [0.15, 0.2) is 5.11 Å². The van der Waals surface area contributed by atoms with Gasteiger partial charge < -0.3 is 20.8 Å². The molecule has 1 unspecified atom stereocenters. The van der Waals surface area contributed by atoms with E-state index < -0.39 is 18.2 Å². The molecule has 0 aliphatic carbocycles. The Balaban J connectivity index is 4.02. The third kappa shape index (κ3) is 6.55. The van der Waals surface area contributed by atoms with Gasteiger partial charge in [0.2, 0.25) is 0 Å². The molecule has 0 heterocycles. The van der Waals surface area contributed by atoms with Crippen molar-refractivity contribution in [1.82, 2.24) is 10.6 Å². The number of carboxylic acid groups (broad SMARTS) is 2. The number of carbonyl (C=O) groups is 2. The van der Waals surface area contributed by atoms with Crippen LogP contribution in [-0.4, -0.2) is 41.5 Å². The quantitative estimate of drug-likeness (QED) is 0.287. The van der Waals surface area contributed by atoms with Crippen LogP contribution < -0.4 is 10.6 Å². The third-order valence-electron chi connectivity index (χ3n) is 1.19. The van der Waals surface area contributed by atoms with Crippen LogP contribution in [-0.2, 0) is 0 Å². The topological polar surface area (TPSA) is 147 Å². The van der Waals surface area contributed by atoms with Gasteiger partial charge >= 0.3 is 12.2 Å². The lowest BCUT2D eigenvalue weighted by Crippen LogP contribution is -2.44. The average Bonchev–Trinajstić information content (AvgIpc) is 2.09. The molecule has 0 saturated heterocycles. The minimum atomic E-state index is -1.31. The van der Waals surface area contributed by atoms with Crippen LogP contribution in [0.5, 0.6) is 0 Å². The van der Waals surface area contributed by atoms with Crippen molar-refractivity contribution in [3.63, 3.8) is 0 Å². The fourth-order valence-electron chi connectivity index (χ4n) is 0.681. The van der Waals surface area contributed by atoms with Gasteiger partial charge in [-0.1, -0.05) is 5.11 Å². The number of amides is 2. The number of hydrogen-bond acceptors (Lipinski definition) is 3. The SMILES string of the molecule is [N-]=[N+]=NCC(CNC(=O)O)NC(=O)O. The summed E-state index contributed by atoms with van der Waals surface area (Å²) in [6.07, 6.45) is -2.58. The fourth-order valence-corrected chi connectivity index (χ4v) is 0.681. The average molecular weight is 203 g/mol. The molecule has 2 amide bonds. The Bertz CT molecular complexity index is 257. The van der Waals surface area contributed by atoms with Crippen molar-refractivity contribution in [2.24, 2.45) is 5.11 Å². The van der Waals surface area contributed by atoms with Gasteiger partial charge in [0, 0.05) is 18.0 Å². The second kappa shape index (κ2) is 6.38. The van der Waals surface area contributed by atoms with E-state index in [1.165, 1.54) is 0 Å². The lowest BCUT2D eigenvalue weighted by atomic mass is 10.3. The summed E-state index contributed by atoms with van der Waals surface area (Å²) in [5, 5.41) is 23.6. The minimum absolute atomic E-state index is 0.150. The van der Waals surface area contributed by atoms with Crippen molar-refractivity contribution < 1.29 is 19.8 Å². The predicted molar refractivity (Wildman–Crippen MR) is 45.0 cm³/mol. The molecule has 0 aromatic carbocycles. The molecule has 0 saturated carbocycles. The Morgan fingerprint density at radius 3 is 2.50 bits per heavy atom. The first-order valence-electron chi connectivity index (χ1n) is 3.53. The summed E-state index contributed by atoms with van der Waals surface area (Å²) < 4.78 is 0. The normalized spacial score (nSPS) is 10.9. The standard InChI is InChI=1S/C5H9N5O4/c6-10-8-2-3(9-5(13)14)1-7-4(11)12/h3,7,9H,1-2H2,(H,11,12)(H,13,14). The molecular weight excluding hydrogens is 194 g/mol. The van der Waals surface area contributed by atoms with Crippen LogP contribution in [0, 0.1) is 0 Å². The zero-order valence-electron chi connectivity index (χ0n) is 7.04. The maximum atomic E-state index is 10.2. The van der Waals surface area contributed by atoms with Crippen LogP contribution >= 0.6 is 0 Å². The summed E-state index contributed by atoms with van der Waals surface area (Å²) in [4.78, 5) is 22.7. The van der Waals surface area contributed by atoms with Crippen molar-refractivity contribution in [2.75, 3.05) is 13.1 Å². The molecule has 9 nitrogen and oxygen atoms in total. The van der Waals surface area contributed by atoms with E-state index in [1.807, 2.05) is 10.6 Å². The lowest BCUT2D eigenvalue weighted by molar-refractivity contribution is 0.184. The van der Waals surface area contributed by atoms with Crippen molar-refractivity contribution in [3.05, 3.63) is 10.4 Å². The molecule has 0 spiro atoms. The van der Waals surface area contributed by atoms with Crippen molar-refractivity contribution in [3.8, 4) is 0 Å². The van der Waals surface area contributed by atoms with Gasteiger partial charge in [0.1, 0.15) is 0 Å². The molecular formula is C5H9N5O4. The van der Waals surface area contributed by atoms with Crippen molar-refractivity contribution in [1.29, 1.82) is 0 Å². The number of nitrogens with one attached hydrogen (secondary N) is 2. The Labute approximate surface area is 78.3 Å². The second-order valence-electron chi connectivity index (χ2n) is 2.25. The molecule has 0 aromatic heterocycles. The summed E-state index contributed by atoms with van der Waals surface area (Å²) in [6, 6.07) is -0.764. The van der Waals surface area contributed by atoms with E-state index in [1.54, 1.807) is 0 Å². The number of hydrogen-bond donors (Lipinski definition) is 4. The highest BCUT2D eigenvalue weighted by atomic mass is 16.4. The van der Waals surface area contributed by atoms with E-state index in [0.29, 0.717) is 0 Å². The van der Waals surface area contributed by atoms with Crippen molar-refractivity contribution >= 4 is 12.2 Å². The van der Waals surface area contributed by atoms with Crippen LogP contribution in [0.4, 0.5) is 9.59 Å². The number of rotatable bonds is 5. The van der Waals surface area contributed by atoms with Crippen LogP contribution in [0.3, 0.4) is 0 Å². The molecule has 0 aliphatic rings. The predicted octanol–water partition coefficient (Wildman–Crippen LogP) is 0.201. The van der Waals surface area contributed by atoms with Gasteiger partial charge in [-0.15, -0.1) is 0 Å². The Hall–Kier alpha value is -2.15. The summed E-state index contributed by atoms with van der Waals surface area (Å²) in [5.41, 5.74) is 7.97. The highest BCUT2D eigenvalue weighted by molar-refractivity contribution is 5.66. The first kappa shape index (κ1) is 11.8. The van der Waals surface area contributed by atoms with Crippen LogP contribution in [0.1, 0.15) is 0 Å². The summed E-state index contributed by atoms with van der Waals surface area (Å²) in [5.74, 6) is 0. The first-order valence-corrected chi connectivity index (χ1v) is 3.53. The molecule has 0 radical (unpaired) electrons. The smallest absolute Gasteiger partial charge is 0.404 e. The lowest BCUT2D eigenvalue weighted by Gasteiger charge is -2.13. The van der Waals surface area contributed by atoms with Gasteiger partial charge in [-0.3, -0.25) is 0 Å². The summed E-state index contributed by atoms with van der Waals surface area (Å²) in [6.45, 7) is -0.302. The van der Waals surface area contributed by atoms with Gasteiger partial charge in [-0.2, -0.15) is 0 Å². The zero-order valence-corrected chi connectivity index (χ0v) is 7.04. The van der Waals surface area contributed by atoms with E-state index >= 15 is 0 Å². The molecule has 0 aromatic rings. The van der Waals surface area contributed by atoms with E-state index in [-0.39, 0.29) is 13.1 Å². The Morgan fingerprint density at radius 1 is 1.43 bits per heavy atom. The van der Waals surface area contributed by atoms with Gasteiger partial charge in [0.25, 0.3) is 0 Å². The maximum Gasteiger partial charge on any atom is 0.404 e. The van der Waals surface area contributed by atoms with Gasteiger partial charge in [-0.25, -0.2) is 9.59 Å². The third-order valence-corrected chi connectivity index (χ3v) is 1.19. The Morgan fingerprint density at radius 2 is 2.07 bits per heavy atom. The molecule has 1 atom stereocenters. The summed E-state index contributed by atoms with van der Waals surface area (Å²) >= 11 is 0. The van der Waals surface area contributed by atoms with Gasteiger partial charge in [0.15, 0.2) is 0 Å². The molecule has 0 rings (SSSR count). The van der Waals surface area contributed by atoms with E-state index in [0.717, 1.165) is 0 Å². The minimum Gasteiger partial charge on any atom is -0.465 e. The van der Waals surface area contributed by atoms with Crippen molar-refractivity contribution in [2.45, 2.75) is 6.04 Å². The van der Waals surface area contributed by atoms with E-state index in [4.69, 9.17) is 15.7 Å². The molecule has 0 bridgehead atoms. The van der Waals surface area contributed by atoms with Gasteiger partial charge in [0.05, 0.1) is 6.04 Å². The molecule has 14 heavy (non-hydrogen) atoms. The fraction of sp³-hybridized carbons (Fsp3) is 0.600. The first-order chi connectivity index (χ1) is 6.56. The Kier molecular flexibility index (Phi) is 5.40. The number of azide groups is 1. The molecule has 0 fully saturated rings. The second-order valence-corrected chi connectivity index (χ2v) is 2.25. The molecule has 78 valence electrons. The maximum absolute atomic E-state index is 10.2. The highest BCUT2D eigenvalue weighted by Crippen LogP contribution is 1.85. The number of nitrogens with zero attached hydrogens (tertiary/aromatic N) is 3. The molecule has 0 aliphatic heterocycles.